The molecule has 0 bridgehead atoms. The van der Waals surface area contributed by atoms with Crippen molar-refractivity contribution in [3.63, 3.8) is 0 Å². The highest BCUT2D eigenvalue weighted by atomic mass is 35.5. The highest BCUT2D eigenvalue weighted by Crippen LogP contribution is 2.28. The van der Waals surface area contributed by atoms with E-state index in [0.29, 0.717) is 0 Å². The second-order valence-corrected chi connectivity index (χ2v) is 5.06. The zero-order valence-corrected chi connectivity index (χ0v) is 11.9. The normalized spacial score (nSPS) is 14.2. The molecule has 1 N–H and O–H groups in total. The van der Waals surface area contributed by atoms with Crippen molar-refractivity contribution in [2.75, 3.05) is 5.32 Å². The molecule has 0 amide bonds. The van der Waals surface area contributed by atoms with Gasteiger partial charge in [0.1, 0.15) is 16.4 Å². The van der Waals surface area contributed by atoms with E-state index in [-0.39, 0.29) is 27.8 Å². The molecule has 0 atom stereocenters. The summed E-state index contributed by atoms with van der Waals surface area (Å²) in [6, 6.07) is 10.6. The maximum Gasteiger partial charge on any atom is 0.229 e. The summed E-state index contributed by atoms with van der Waals surface area (Å²) in [5.74, 6) is -0.770. The highest BCUT2D eigenvalue weighted by Gasteiger charge is 2.32. The molecule has 1 aromatic carbocycles. The van der Waals surface area contributed by atoms with Crippen LogP contribution >= 0.6 is 11.6 Å². The van der Waals surface area contributed by atoms with Crippen LogP contribution in [0.25, 0.3) is 0 Å². The van der Waals surface area contributed by atoms with Gasteiger partial charge in [-0.15, -0.1) is 0 Å². The Morgan fingerprint density at radius 3 is 2.57 bits per heavy atom. The van der Waals surface area contributed by atoms with Crippen LogP contribution in [0.5, 0.6) is 0 Å². The van der Waals surface area contributed by atoms with E-state index in [0.717, 1.165) is 11.3 Å². The fourth-order valence-electron chi connectivity index (χ4n) is 2.18. The zero-order chi connectivity index (χ0) is 15.0. The molecule has 1 aromatic heterocycles. The number of nitrogens with one attached hydrogen (secondary N) is 1. The molecule has 1 aliphatic rings. The zero-order valence-electron chi connectivity index (χ0n) is 11.2. The van der Waals surface area contributed by atoms with E-state index < -0.39 is 5.78 Å². The molecule has 0 fully saturated rings. The molecular weight excluding hydrogens is 288 g/mol. The quantitative estimate of drug-likeness (QED) is 0.924. The number of halogens is 1. The number of allylic oxidation sites excluding steroid dienone is 2. The third kappa shape index (κ3) is 2.23. The fraction of sp³-hybridized carbons (Fsp3) is 0.0625. The lowest BCUT2D eigenvalue weighted by Crippen LogP contribution is -2.25. The van der Waals surface area contributed by atoms with Gasteiger partial charge < -0.3 is 5.32 Å². The summed E-state index contributed by atoms with van der Waals surface area (Å²) in [4.78, 5) is 28.7. The van der Waals surface area contributed by atoms with Gasteiger partial charge in [-0.25, -0.2) is 0 Å². The summed E-state index contributed by atoms with van der Waals surface area (Å²) in [5.41, 5.74) is 2.11. The number of aromatic nitrogens is 1. The van der Waals surface area contributed by atoms with E-state index in [4.69, 9.17) is 11.6 Å². The maximum atomic E-state index is 12.5. The lowest BCUT2D eigenvalue weighted by molar-refractivity contribution is 0.0978. The topological polar surface area (TPSA) is 59.1 Å². The maximum absolute atomic E-state index is 12.5. The first kappa shape index (κ1) is 13.5. The first-order valence-corrected chi connectivity index (χ1v) is 6.74. The molecule has 21 heavy (non-hydrogen) atoms. The Hall–Kier alpha value is -2.46. The first-order valence-electron chi connectivity index (χ1n) is 6.36. The van der Waals surface area contributed by atoms with E-state index in [1.54, 1.807) is 12.1 Å². The van der Waals surface area contributed by atoms with E-state index in [2.05, 4.69) is 10.3 Å². The van der Waals surface area contributed by atoms with Crippen molar-refractivity contribution in [1.29, 1.82) is 0 Å². The van der Waals surface area contributed by atoms with Gasteiger partial charge in [0.05, 0.1) is 5.56 Å². The molecule has 5 heteroatoms. The van der Waals surface area contributed by atoms with Crippen molar-refractivity contribution in [3.8, 4) is 0 Å². The monoisotopic (exact) mass is 298 g/mol. The van der Waals surface area contributed by atoms with Crippen molar-refractivity contribution >= 4 is 28.9 Å². The van der Waals surface area contributed by atoms with Crippen molar-refractivity contribution in [1.82, 2.24) is 4.98 Å². The van der Waals surface area contributed by atoms with Gasteiger partial charge in [-0.1, -0.05) is 29.8 Å². The summed E-state index contributed by atoms with van der Waals surface area (Å²) in [6.07, 6.45) is 1.48. The molecule has 0 saturated heterocycles. The van der Waals surface area contributed by atoms with E-state index in [9.17, 15) is 9.59 Å². The van der Waals surface area contributed by atoms with Crippen LogP contribution in [-0.4, -0.2) is 16.6 Å². The molecule has 3 rings (SSSR count). The Labute approximate surface area is 126 Å². The van der Waals surface area contributed by atoms with Gasteiger partial charge in [0.25, 0.3) is 0 Å². The summed E-state index contributed by atoms with van der Waals surface area (Å²) in [5, 5.41) is 2.85. The summed E-state index contributed by atoms with van der Waals surface area (Å²) in [7, 11) is 0. The van der Waals surface area contributed by atoms with Crippen LogP contribution in [-0.2, 0) is 0 Å². The number of ketones is 2. The summed E-state index contributed by atoms with van der Waals surface area (Å²) >= 11 is 6.08. The van der Waals surface area contributed by atoms with Gasteiger partial charge in [0.15, 0.2) is 0 Å². The fourth-order valence-corrected chi connectivity index (χ4v) is 2.41. The Balaban J connectivity index is 2.07. The standard InChI is InChI=1S/C16H11ClN2O2/c1-9-5-2-3-7-11(9)19-14-12(17)15(20)10-6-4-8-18-13(10)16(14)21/h2-8,19H,1H3. The predicted octanol–water partition coefficient (Wildman–Crippen LogP) is 3.33. The molecule has 4 nitrogen and oxygen atoms in total. The molecule has 0 unspecified atom stereocenters. The number of Topliss-reactive ketones (excluding diaryl/α,β-unsaturated/α-hetero) is 2. The van der Waals surface area contributed by atoms with E-state index in [1.807, 2.05) is 31.2 Å². The molecule has 0 radical (unpaired) electrons. The Bertz CT molecular complexity index is 796. The van der Waals surface area contributed by atoms with Crippen molar-refractivity contribution in [2.45, 2.75) is 6.92 Å². The van der Waals surface area contributed by atoms with Crippen LogP contribution in [0.3, 0.4) is 0 Å². The number of rotatable bonds is 2. The molecule has 0 saturated carbocycles. The van der Waals surface area contributed by atoms with Crippen LogP contribution in [0.15, 0.2) is 53.3 Å². The summed E-state index contributed by atoms with van der Waals surface area (Å²) < 4.78 is 0. The number of hydrogen-bond donors (Lipinski definition) is 1. The number of nitrogens with zero attached hydrogens (tertiary/aromatic N) is 1. The second kappa shape index (κ2) is 5.14. The molecule has 0 spiro atoms. The van der Waals surface area contributed by atoms with E-state index >= 15 is 0 Å². The van der Waals surface area contributed by atoms with Gasteiger partial charge in [-0.3, -0.25) is 14.6 Å². The first-order chi connectivity index (χ1) is 10.1. The Morgan fingerprint density at radius 1 is 1.05 bits per heavy atom. The van der Waals surface area contributed by atoms with E-state index in [1.165, 1.54) is 6.20 Å². The van der Waals surface area contributed by atoms with Crippen LogP contribution in [0.1, 0.15) is 26.4 Å². The SMILES string of the molecule is Cc1ccccc1NC1=C(Cl)C(=O)c2cccnc2C1=O. The van der Waals surface area contributed by atoms with Gasteiger partial charge in [-0.2, -0.15) is 0 Å². The molecule has 2 aromatic rings. The van der Waals surface area contributed by atoms with Crippen LogP contribution in [0.4, 0.5) is 5.69 Å². The number of benzene rings is 1. The van der Waals surface area contributed by atoms with Gasteiger partial charge in [-0.05, 0) is 30.7 Å². The molecule has 1 aliphatic carbocycles. The Morgan fingerprint density at radius 2 is 1.81 bits per heavy atom. The number of anilines is 1. The van der Waals surface area contributed by atoms with Gasteiger partial charge >= 0.3 is 0 Å². The minimum atomic E-state index is -0.393. The van der Waals surface area contributed by atoms with Crippen molar-refractivity contribution in [2.24, 2.45) is 0 Å². The lowest BCUT2D eigenvalue weighted by Gasteiger charge is -2.18. The molecule has 1 heterocycles. The van der Waals surface area contributed by atoms with Crippen LogP contribution in [0.2, 0.25) is 0 Å². The molecule has 104 valence electrons. The minimum absolute atomic E-state index is 0.0715. The average molecular weight is 299 g/mol. The van der Waals surface area contributed by atoms with Crippen molar-refractivity contribution < 1.29 is 9.59 Å². The number of hydrogen-bond acceptors (Lipinski definition) is 4. The number of pyridine rings is 1. The number of aryl methyl sites for hydroxylation is 1. The minimum Gasteiger partial charge on any atom is -0.351 e. The summed E-state index contributed by atoms with van der Waals surface area (Å²) in [6.45, 7) is 1.90. The smallest absolute Gasteiger partial charge is 0.229 e. The Kier molecular flexibility index (Phi) is 3.31. The van der Waals surface area contributed by atoms with Crippen LogP contribution in [0, 0.1) is 6.92 Å². The van der Waals surface area contributed by atoms with Gasteiger partial charge in [0, 0.05) is 11.9 Å². The number of carbonyl (C=O) groups is 2. The van der Waals surface area contributed by atoms with Crippen molar-refractivity contribution in [3.05, 3.63) is 70.1 Å². The molecule has 0 aliphatic heterocycles. The van der Waals surface area contributed by atoms with Gasteiger partial charge in [0.2, 0.25) is 11.6 Å². The predicted molar refractivity (Wildman–Crippen MR) is 80.6 cm³/mol. The molecular formula is C16H11ClN2O2. The number of carbonyl (C=O) groups excluding carboxylic acids is 2. The highest BCUT2D eigenvalue weighted by molar-refractivity contribution is 6.50. The number of para-hydroxylation sites is 1. The lowest BCUT2D eigenvalue weighted by atomic mass is 9.97. The third-order valence-corrected chi connectivity index (χ3v) is 3.68. The average Bonchev–Trinajstić information content (AvgIpc) is 2.51. The largest absolute Gasteiger partial charge is 0.351 e. The second-order valence-electron chi connectivity index (χ2n) is 4.69. The van der Waals surface area contributed by atoms with Crippen LogP contribution < -0.4 is 5.32 Å². The third-order valence-electron chi connectivity index (χ3n) is 3.32. The number of fused-ring (bicyclic) bond motifs is 1.